The maximum absolute atomic E-state index is 11.6. The Bertz CT molecular complexity index is 576. The average molecular weight is 285 g/mol. The Morgan fingerprint density at radius 2 is 1.67 bits per heavy atom. The summed E-state index contributed by atoms with van der Waals surface area (Å²) in [6, 6.07) is 14.7. The van der Waals surface area contributed by atoms with Gasteiger partial charge >= 0.3 is 0 Å². The molecule has 4 heteroatoms. The van der Waals surface area contributed by atoms with Gasteiger partial charge in [0, 0.05) is 12.1 Å². The maximum Gasteiger partial charge on any atom is 0.251 e. The first kappa shape index (κ1) is 15.1. The van der Waals surface area contributed by atoms with Crippen LogP contribution in [0.2, 0.25) is 0 Å². The molecule has 0 bridgehead atoms. The van der Waals surface area contributed by atoms with Gasteiger partial charge in [-0.3, -0.25) is 4.79 Å². The third-order valence-corrected chi connectivity index (χ3v) is 3.06. The minimum Gasteiger partial charge on any atom is -0.489 e. The fourth-order valence-corrected chi connectivity index (χ4v) is 1.87. The molecule has 0 aromatic heterocycles. The number of hydrogen-bond acceptors (Lipinski definition) is 3. The van der Waals surface area contributed by atoms with Crippen LogP contribution in [0.5, 0.6) is 5.75 Å². The Balaban J connectivity index is 1.92. The predicted molar refractivity (Wildman–Crippen MR) is 81.1 cm³/mol. The number of carbonyl (C=O) groups excluding carboxylic acids is 1. The van der Waals surface area contributed by atoms with Crippen molar-refractivity contribution in [2.24, 2.45) is 0 Å². The van der Waals surface area contributed by atoms with Crippen molar-refractivity contribution in [3.05, 3.63) is 65.2 Å². The van der Waals surface area contributed by atoms with E-state index in [2.05, 4.69) is 5.32 Å². The Morgan fingerprint density at radius 3 is 2.24 bits per heavy atom. The largest absolute Gasteiger partial charge is 0.489 e. The molecule has 0 atom stereocenters. The van der Waals surface area contributed by atoms with Gasteiger partial charge in [-0.25, -0.2) is 0 Å². The number of aliphatic hydroxyl groups excluding tert-OH is 1. The van der Waals surface area contributed by atoms with Crippen LogP contribution < -0.4 is 10.1 Å². The molecule has 0 saturated heterocycles. The second-order valence-corrected chi connectivity index (χ2v) is 4.65. The molecule has 2 aromatic rings. The van der Waals surface area contributed by atoms with Crippen LogP contribution in [0.25, 0.3) is 0 Å². The third kappa shape index (κ3) is 4.33. The molecule has 0 saturated carbocycles. The second-order valence-electron chi connectivity index (χ2n) is 4.65. The molecular weight excluding hydrogens is 266 g/mol. The highest BCUT2D eigenvalue weighted by molar-refractivity contribution is 5.94. The monoisotopic (exact) mass is 285 g/mol. The molecule has 0 spiro atoms. The van der Waals surface area contributed by atoms with Crippen molar-refractivity contribution >= 4 is 5.91 Å². The lowest BCUT2D eigenvalue weighted by atomic mass is 10.1. The highest BCUT2D eigenvalue weighted by atomic mass is 16.5. The second kappa shape index (κ2) is 7.45. The molecular formula is C17H19NO3. The number of rotatable bonds is 6. The van der Waals surface area contributed by atoms with Gasteiger partial charge in [0.1, 0.15) is 12.4 Å². The van der Waals surface area contributed by atoms with Gasteiger partial charge in [0.25, 0.3) is 5.91 Å². The SMILES string of the molecule is CCNC(=O)c1ccc(OCc2ccc(CO)cc2)cc1. The van der Waals surface area contributed by atoms with Gasteiger partial charge in [-0.05, 0) is 42.3 Å². The number of benzene rings is 2. The summed E-state index contributed by atoms with van der Waals surface area (Å²) in [6.45, 7) is 2.99. The normalized spacial score (nSPS) is 10.2. The van der Waals surface area contributed by atoms with Crippen molar-refractivity contribution in [1.82, 2.24) is 5.32 Å². The van der Waals surface area contributed by atoms with E-state index in [1.807, 2.05) is 31.2 Å². The quantitative estimate of drug-likeness (QED) is 0.857. The van der Waals surface area contributed by atoms with Gasteiger partial charge in [-0.1, -0.05) is 24.3 Å². The highest BCUT2D eigenvalue weighted by Crippen LogP contribution is 2.14. The number of aliphatic hydroxyl groups is 1. The lowest BCUT2D eigenvalue weighted by molar-refractivity contribution is 0.0956. The zero-order valence-corrected chi connectivity index (χ0v) is 12.0. The van der Waals surface area contributed by atoms with Gasteiger partial charge in [-0.15, -0.1) is 0 Å². The van der Waals surface area contributed by atoms with E-state index in [4.69, 9.17) is 9.84 Å². The summed E-state index contributed by atoms with van der Waals surface area (Å²) in [5.41, 5.74) is 2.53. The van der Waals surface area contributed by atoms with Crippen molar-refractivity contribution in [3.63, 3.8) is 0 Å². The molecule has 2 N–H and O–H groups in total. The summed E-state index contributed by atoms with van der Waals surface area (Å²) in [5.74, 6) is 0.637. The lowest BCUT2D eigenvalue weighted by Gasteiger charge is -2.08. The molecule has 0 radical (unpaired) electrons. The molecule has 0 aliphatic rings. The number of ether oxygens (including phenoxy) is 1. The molecule has 4 nitrogen and oxygen atoms in total. The Labute approximate surface area is 124 Å². The Hall–Kier alpha value is -2.33. The van der Waals surface area contributed by atoms with Crippen LogP contribution in [0.4, 0.5) is 0 Å². The fraction of sp³-hybridized carbons (Fsp3) is 0.235. The van der Waals surface area contributed by atoms with Gasteiger partial charge in [0.15, 0.2) is 0 Å². The molecule has 0 heterocycles. The zero-order chi connectivity index (χ0) is 15.1. The molecule has 2 rings (SSSR count). The van der Waals surface area contributed by atoms with Crippen molar-refractivity contribution in [2.45, 2.75) is 20.1 Å². The van der Waals surface area contributed by atoms with Gasteiger partial charge in [0.05, 0.1) is 6.61 Å². The molecule has 1 amide bonds. The van der Waals surface area contributed by atoms with Crippen molar-refractivity contribution < 1.29 is 14.6 Å². The molecule has 21 heavy (non-hydrogen) atoms. The predicted octanol–water partition coefficient (Wildman–Crippen LogP) is 2.51. The summed E-state index contributed by atoms with van der Waals surface area (Å²) in [5, 5.41) is 11.7. The summed E-state index contributed by atoms with van der Waals surface area (Å²) in [6.07, 6.45) is 0. The van der Waals surface area contributed by atoms with Crippen LogP contribution in [0.15, 0.2) is 48.5 Å². The van der Waals surface area contributed by atoms with E-state index in [-0.39, 0.29) is 12.5 Å². The summed E-state index contributed by atoms with van der Waals surface area (Å²) >= 11 is 0. The average Bonchev–Trinajstić information content (AvgIpc) is 2.54. The van der Waals surface area contributed by atoms with E-state index in [1.165, 1.54) is 0 Å². The van der Waals surface area contributed by atoms with Crippen LogP contribution in [0.1, 0.15) is 28.4 Å². The molecule has 0 aliphatic heterocycles. The van der Waals surface area contributed by atoms with Gasteiger partial charge in [0.2, 0.25) is 0 Å². The standard InChI is InChI=1S/C17H19NO3/c1-2-18-17(20)15-7-9-16(10-8-15)21-12-14-5-3-13(11-19)4-6-14/h3-10,19H,2,11-12H2,1H3,(H,18,20). The van der Waals surface area contributed by atoms with Crippen molar-refractivity contribution in [2.75, 3.05) is 6.54 Å². The topological polar surface area (TPSA) is 58.6 Å². The van der Waals surface area contributed by atoms with Crippen molar-refractivity contribution in [1.29, 1.82) is 0 Å². The molecule has 0 unspecified atom stereocenters. The first-order chi connectivity index (χ1) is 10.2. The lowest BCUT2D eigenvalue weighted by Crippen LogP contribution is -2.22. The van der Waals surface area contributed by atoms with Crippen molar-refractivity contribution in [3.8, 4) is 5.75 Å². The van der Waals surface area contributed by atoms with Crippen LogP contribution in [0, 0.1) is 0 Å². The van der Waals surface area contributed by atoms with E-state index in [0.29, 0.717) is 24.5 Å². The van der Waals surface area contributed by atoms with E-state index >= 15 is 0 Å². The zero-order valence-electron chi connectivity index (χ0n) is 12.0. The Kier molecular flexibility index (Phi) is 5.35. The van der Waals surface area contributed by atoms with Crippen LogP contribution >= 0.6 is 0 Å². The molecule has 2 aromatic carbocycles. The first-order valence-corrected chi connectivity index (χ1v) is 6.92. The van der Waals surface area contributed by atoms with E-state index in [9.17, 15) is 4.79 Å². The fourth-order valence-electron chi connectivity index (χ4n) is 1.87. The summed E-state index contributed by atoms with van der Waals surface area (Å²) < 4.78 is 5.67. The molecule has 0 aliphatic carbocycles. The summed E-state index contributed by atoms with van der Waals surface area (Å²) in [7, 11) is 0. The van der Waals surface area contributed by atoms with E-state index in [0.717, 1.165) is 11.1 Å². The first-order valence-electron chi connectivity index (χ1n) is 6.92. The number of nitrogens with one attached hydrogen (secondary N) is 1. The highest BCUT2D eigenvalue weighted by Gasteiger charge is 2.04. The van der Waals surface area contributed by atoms with Gasteiger partial charge in [-0.2, -0.15) is 0 Å². The number of carbonyl (C=O) groups is 1. The number of hydrogen-bond donors (Lipinski definition) is 2. The molecule has 0 fully saturated rings. The minimum atomic E-state index is -0.0800. The maximum atomic E-state index is 11.6. The van der Waals surface area contributed by atoms with E-state index in [1.54, 1.807) is 24.3 Å². The van der Waals surface area contributed by atoms with E-state index < -0.39 is 0 Å². The Morgan fingerprint density at radius 1 is 1.05 bits per heavy atom. The summed E-state index contributed by atoms with van der Waals surface area (Å²) in [4.78, 5) is 11.6. The van der Waals surface area contributed by atoms with Crippen LogP contribution in [0.3, 0.4) is 0 Å². The third-order valence-electron chi connectivity index (χ3n) is 3.06. The van der Waals surface area contributed by atoms with Crippen LogP contribution in [-0.2, 0) is 13.2 Å². The molecule has 110 valence electrons. The smallest absolute Gasteiger partial charge is 0.251 e. The number of amides is 1. The van der Waals surface area contributed by atoms with Crippen LogP contribution in [-0.4, -0.2) is 17.6 Å². The minimum absolute atomic E-state index is 0.0441. The van der Waals surface area contributed by atoms with Gasteiger partial charge < -0.3 is 15.2 Å².